The maximum atomic E-state index is 12.9. The van der Waals surface area contributed by atoms with Crippen LogP contribution in [0.5, 0.6) is 0 Å². The first-order chi connectivity index (χ1) is 16.0. The lowest BCUT2D eigenvalue weighted by Crippen LogP contribution is -2.44. The minimum absolute atomic E-state index is 0.0399. The summed E-state index contributed by atoms with van der Waals surface area (Å²) in [6, 6.07) is 10.0. The van der Waals surface area contributed by atoms with Crippen molar-refractivity contribution in [2.75, 3.05) is 26.2 Å². The van der Waals surface area contributed by atoms with E-state index in [0.29, 0.717) is 24.8 Å². The van der Waals surface area contributed by atoms with Gasteiger partial charge in [0.15, 0.2) is 0 Å². The normalized spacial score (nSPS) is 18.0. The Kier molecular flexibility index (Phi) is 7.86. The van der Waals surface area contributed by atoms with Crippen molar-refractivity contribution in [1.29, 1.82) is 0 Å². The Morgan fingerprint density at radius 2 is 1.67 bits per heavy atom. The van der Waals surface area contributed by atoms with Gasteiger partial charge in [-0.25, -0.2) is 4.68 Å². The number of hydrogen-bond acceptors (Lipinski definition) is 3. The molecule has 2 aromatic rings. The third-order valence-electron chi connectivity index (χ3n) is 6.75. The summed E-state index contributed by atoms with van der Waals surface area (Å²) in [4.78, 5) is 29.6. The molecule has 2 aliphatic rings. The van der Waals surface area contributed by atoms with E-state index in [0.717, 1.165) is 55.6 Å². The molecule has 0 radical (unpaired) electrons. The van der Waals surface area contributed by atoms with Gasteiger partial charge in [0.05, 0.1) is 12.2 Å². The third-order valence-corrected chi connectivity index (χ3v) is 7.15. The molecule has 0 N–H and O–H groups in total. The van der Waals surface area contributed by atoms with Crippen LogP contribution < -0.4 is 0 Å². The highest BCUT2D eigenvalue weighted by Gasteiger charge is 2.30. The Balaban J connectivity index is 1.32. The van der Waals surface area contributed by atoms with Crippen LogP contribution in [0, 0.1) is 12.8 Å². The molecule has 2 saturated heterocycles. The van der Waals surface area contributed by atoms with E-state index in [1.54, 1.807) is 16.8 Å². The predicted octanol–water partition coefficient (Wildman–Crippen LogP) is 4.55. The fourth-order valence-corrected chi connectivity index (χ4v) is 5.07. The minimum Gasteiger partial charge on any atom is -0.342 e. The Labute approximate surface area is 201 Å². The molecule has 4 rings (SSSR count). The zero-order valence-corrected chi connectivity index (χ0v) is 20.1. The second-order valence-electron chi connectivity index (χ2n) is 9.11. The van der Waals surface area contributed by atoms with Crippen LogP contribution in [0.15, 0.2) is 36.4 Å². The quantitative estimate of drug-likeness (QED) is 0.605. The Bertz CT molecular complexity index is 985. The molecule has 0 atom stereocenters. The van der Waals surface area contributed by atoms with Crippen molar-refractivity contribution in [3.05, 3.63) is 58.4 Å². The standard InChI is InChI=1S/C26H33ClN4O2/c1-20-23(25(27)31(28-20)19-21-9-5-4-6-10-21)11-12-24(32)29-17-13-22(14-18-29)26(33)30-15-7-2-3-8-16-30/h4-6,9-12,22H,2-3,7-8,13-19H2,1H3. The summed E-state index contributed by atoms with van der Waals surface area (Å²) < 4.78 is 1.76. The van der Waals surface area contributed by atoms with Gasteiger partial charge in [0.1, 0.15) is 5.15 Å². The SMILES string of the molecule is Cc1nn(Cc2ccccc2)c(Cl)c1C=CC(=O)N1CCC(C(=O)N2CCCCCC2)CC1. The van der Waals surface area contributed by atoms with E-state index >= 15 is 0 Å². The smallest absolute Gasteiger partial charge is 0.246 e. The topological polar surface area (TPSA) is 58.4 Å². The molecule has 1 aromatic heterocycles. The molecular formula is C26H33ClN4O2. The monoisotopic (exact) mass is 468 g/mol. The maximum absolute atomic E-state index is 12.9. The number of carbonyl (C=O) groups excluding carboxylic acids is 2. The molecule has 3 heterocycles. The molecular weight excluding hydrogens is 436 g/mol. The van der Waals surface area contributed by atoms with E-state index in [9.17, 15) is 9.59 Å². The number of piperidine rings is 1. The fourth-order valence-electron chi connectivity index (χ4n) is 4.77. The van der Waals surface area contributed by atoms with Gasteiger partial charge in [-0.05, 0) is 44.2 Å². The van der Waals surface area contributed by atoms with Crippen LogP contribution in [-0.4, -0.2) is 57.6 Å². The second kappa shape index (κ2) is 11.0. The zero-order chi connectivity index (χ0) is 23.2. The van der Waals surface area contributed by atoms with Crippen molar-refractivity contribution in [3.8, 4) is 0 Å². The van der Waals surface area contributed by atoms with Crippen LogP contribution in [0.1, 0.15) is 55.3 Å². The minimum atomic E-state index is -0.0399. The Hall–Kier alpha value is -2.60. The summed E-state index contributed by atoms with van der Waals surface area (Å²) in [6.07, 6.45) is 9.49. The van der Waals surface area contributed by atoms with Gasteiger partial charge in [0.25, 0.3) is 0 Å². The largest absolute Gasteiger partial charge is 0.342 e. The number of aromatic nitrogens is 2. The van der Waals surface area contributed by atoms with Gasteiger partial charge in [-0.1, -0.05) is 54.8 Å². The van der Waals surface area contributed by atoms with Crippen LogP contribution >= 0.6 is 11.6 Å². The van der Waals surface area contributed by atoms with E-state index < -0.39 is 0 Å². The highest BCUT2D eigenvalue weighted by molar-refractivity contribution is 6.31. The maximum Gasteiger partial charge on any atom is 0.246 e. The van der Waals surface area contributed by atoms with E-state index in [1.165, 1.54) is 12.8 Å². The van der Waals surface area contributed by atoms with Crippen LogP contribution in [0.4, 0.5) is 0 Å². The Morgan fingerprint density at radius 3 is 2.33 bits per heavy atom. The summed E-state index contributed by atoms with van der Waals surface area (Å²) in [6.45, 7) is 5.50. The summed E-state index contributed by atoms with van der Waals surface area (Å²) in [5, 5.41) is 5.07. The van der Waals surface area contributed by atoms with Gasteiger partial charge in [-0.2, -0.15) is 5.10 Å². The van der Waals surface area contributed by atoms with Gasteiger partial charge in [0.2, 0.25) is 11.8 Å². The van der Waals surface area contributed by atoms with Crippen molar-refractivity contribution in [3.63, 3.8) is 0 Å². The highest BCUT2D eigenvalue weighted by Crippen LogP contribution is 2.24. The molecule has 0 unspecified atom stereocenters. The average Bonchev–Trinajstić information content (AvgIpc) is 3.02. The number of rotatable bonds is 5. The van der Waals surface area contributed by atoms with E-state index in [-0.39, 0.29) is 17.7 Å². The van der Waals surface area contributed by atoms with Crippen LogP contribution in [0.2, 0.25) is 5.15 Å². The molecule has 2 fully saturated rings. The summed E-state index contributed by atoms with van der Waals surface area (Å²) in [7, 11) is 0. The number of aryl methyl sites for hydroxylation is 1. The molecule has 0 saturated carbocycles. The highest BCUT2D eigenvalue weighted by atomic mass is 35.5. The molecule has 0 bridgehead atoms. The lowest BCUT2D eigenvalue weighted by molar-refractivity contribution is -0.139. The van der Waals surface area contributed by atoms with Crippen molar-refractivity contribution >= 4 is 29.5 Å². The van der Waals surface area contributed by atoms with Gasteiger partial charge < -0.3 is 9.80 Å². The zero-order valence-electron chi connectivity index (χ0n) is 19.4. The molecule has 33 heavy (non-hydrogen) atoms. The van der Waals surface area contributed by atoms with Gasteiger partial charge in [0, 0.05) is 43.7 Å². The van der Waals surface area contributed by atoms with Crippen molar-refractivity contribution in [2.24, 2.45) is 5.92 Å². The summed E-state index contributed by atoms with van der Waals surface area (Å²) in [5.74, 6) is 0.291. The number of halogens is 1. The number of likely N-dealkylation sites (tertiary alicyclic amines) is 2. The lowest BCUT2D eigenvalue weighted by Gasteiger charge is -2.33. The fraction of sp³-hybridized carbons (Fsp3) is 0.500. The first-order valence-electron chi connectivity index (χ1n) is 12.1. The Morgan fingerprint density at radius 1 is 1.00 bits per heavy atom. The predicted molar refractivity (Wildman–Crippen MR) is 131 cm³/mol. The van der Waals surface area contributed by atoms with Crippen LogP contribution in [0.3, 0.4) is 0 Å². The number of benzene rings is 1. The average molecular weight is 469 g/mol. The second-order valence-corrected chi connectivity index (χ2v) is 9.46. The van der Waals surface area contributed by atoms with Gasteiger partial charge in [-0.15, -0.1) is 0 Å². The molecule has 6 nitrogen and oxygen atoms in total. The molecule has 1 aromatic carbocycles. The molecule has 2 aliphatic heterocycles. The van der Waals surface area contributed by atoms with E-state index in [2.05, 4.69) is 5.10 Å². The van der Waals surface area contributed by atoms with Crippen molar-refractivity contribution < 1.29 is 9.59 Å². The third kappa shape index (κ3) is 5.85. The van der Waals surface area contributed by atoms with Crippen molar-refractivity contribution in [2.45, 2.75) is 52.0 Å². The summed E-state index contributed by atoms with van der Waals surface area (Å²) >= 11 is 6.57. The first-order valence-corrected chi connectivity index (χ1v) is 12.4. The van der Waals surface area contributed by atoms with Gasteiger partial charge in [-0.3, -0.25) is 9.59 Å². The van der Waals surface area contributed by atoms with E-state index in [4.69, 9.17) is 11.6 Å². The molecule has 2 amide bonds. The van der Waals surface area contributed by atoms with Crippen LogP contribution in [-0.2, 0) is 16.1 Å². The molecule has 176 valence electrons. The number of amides is 2. The molecule has 7 heteroatoms. The first kappa shape index (κ1) is 23.6. The van der Waals surface area contributed by atoms with Crippen LogP contribution in [0.25, 0.3) is 6.08 Å². The number of carbonyl (C=O) groups is 2. The van der Waals surface area contributed by atoms with Gasteiger partial charge >= 0.3 is 0 Å². The number of hydrogen-bond donors (Lipinski definition) is 0. The van der Waals surface area contributed by atoms with Crippen molar-refractivity contribution in [1.82, 2.24) is 19.6 Å². The lowest BCUT2D eigenvalue weighted by atomic mass is 9.95. The molecule has 0 aliphatic carbocycles. The molecule has 0 spiro atoms. The van der Waals surface area contributed by atoms with E-state index in [1.807, 2.05) is 47.1 Å². The summed E-state index contributed by atoms with van der Waals surface area (Å²) in [5.41, 5.74) is 2.68. The number of nitrogens with zero attached hydrogens (tertiary/aromatic N) is 4.